The first-order valence-corrected chi connectivity index (χ1v) is 7.97. The van der Waals surface area contributed by atoms with Crippen molar-refractivity contribution < 1.29 is 14.3 Å². The number of aromatic nitrogens is 1. The number of ether oxygens (including phenoxy) is 1. The summed E-state index contributed by atoms with van der Waals surface area (Å²) >= 11 is 13.0. The molecule has 3 N–H and O–H groups in total. The van der Waals surface area contributed by atoms with Crippen molar-refractivity contribution in [2.45, 2.75) is 0 Å². The van der Waals surface area contributed by atoms with E-state index in [-0.39, 0.29) is 19.1 Å². The Kier molecular flexibility index (Phi) is 6.60. The molecule has 122 valence electrons. The molecule has 2 amide bonds. The lowest BCUT2D eigenvalue weighted by molar-refractivity contribution is -0.124. The third kappa shape index (κ3) is 6.03. The summed E-state index contributed by atoms with van der Waals surface area (Å²) in [6.45, 7) is -0.366. The number of carbonyl (C=O) groups excluding carboxylic acids is 2. The lowest BCUT2D eigenvalue weighted by atomic mass is 10.3. The smallest absolute Gasteiger partial charge is 0.271 e. The number of hydrazine groups is 1. The van der Waals surface area contributed by atoms with Gasteiger partial charge in [0.1, 0.15) is 5.75 Å². The zero-order valence-electron chi connectivity index (χ0n) is 11.6. The first-order valence-electron chi connectivity index (χ1n) is 6.33. The Labute approximate surface area is 145 Å². The molecule has 2 rings (SSSR count). The number of hydrogen-bond donors (Lipinski definition) is 3. The molecule has 0 fully saturated rings. The molecule has 0 radical (unpaired) electrons. The van der Waals surface area contributed by atoms with Crippen LogP contribution in [-0.4, -0.2) is 29.9 Å². The molecule has 7 nitrogen and oxygen atoms in total. The largest absolute Gasteiger partial charge is 0.482 e. The van der Waals surface area contributed by atoms with Gasteiger partial charge >= 0.3 is 0 Å². The van der Waals surface area contributed by atoms with E-state index in [0.717, 1.165) is 0 Å². The Bertz CT molecular complexity index is 682. The summed E-state index contributed by atoms with van der Waals surface area (Å²) in [7, 11) is 0. The monoisotopic (exact) mass is 374 g/mol. The molecule has 1 aromatic carbocycles. The van der Waals surface area contributed by atoms with Crippen LogP contribution in [0.3, 0.4) is 0 Å². The fourth-order valence-corrected chi connectivity index (χ4v) is 2.45. The van der Waals surface area contributed by atoms with Gasteiger partial charge in [0, 0.05) is 16.6 Å². The maximum Gasteiger partial charge on any atom is 0.271 e. The normalized spacial score (nSPS) is 10.2. The molecule has 0 atom stereocenters. The summed E-state index contributed by atoms with van der Waals surface area (Å²) in [5, 5.41) is 5.57. The van der Waals surface area contributed by atoms with Crippen LogP contribution >= 0.6 is 34.5 Å². The summed E-state index contributed by atoms with van der Waals surface area (Å²) in [5.41, 5.74) is 4.82. The first-order chi connectivity index (χ1) is 11.0. The summed E-state index contributed by atoms with van der Waals surface area (Å²) in [5.74, 6) is -0.451. The van der Waals surface area contributed by atoms with Crippen LogP contribution in [0, 0.1) is 0 Å². The van der Waals surface area contributed by atoms with E-state index >= 15 is 0 Å². The summed E-state index contributed by atoms with van der Waals surface area (Å²) < 4.78 is 5.24. The third-order valence-electron chi connectivity index (χ3n) is 2.41. The van der Waals surface area contributed by atoms with Gasteiger partial charge in [0.25, 0.3) is 5.91 Å². The van der Waals surface area contributed by atoms with E-state index in [9.17, 15) is 9.59 Å². The predicted molar refractivity (Wildman–Crippen MR) is 88.8 cm³/mol. The van der Waals surface area contributed by atoms with Crippen LogP contribution in [0.5, 0.6) is 5.75 Å². The molecule has 0 unspecified atom stereocenters. The SMILES string of the molecule is O=C(COc1ccc(Cl)cc1Cl)NNCC(=O)Nc1nccs1. The van der Waals surface area contributed by atoms with Crippen molar-refractivity contribution >= 4 is 51.5 Å². The number of nitrogens with zero attached hydrogens (tertiary/aromatic N) is 1. The molecule has 0 aliphatic heterocycles. The Morgan fingerprint density at radius 3 is 2.78 bits per heavy atom. The quantitative estimate of drug-likeness (QED) is 0.645. The highest BCUT2D eigenvalue weighted by molar-refractivity contribution is 7.13. The van der Waals surface area contributed by atoms with Gasteiger partial charge in [-0.25, -0.2) is 10.4 Å². The highest BCUT2D eigenvalue weighted by atomic mass is 35.5. The molecular formula is C13H12Cl2N4O3S. The summed E-state index contributed by atoms with van der Waals surface area (Å²) in [6, 6.07) is 4.67. The molecule has 0 saturated heterocycles. The second-order valence-corrected chi connectivity index (χ2v) is 5.89. The standard InChI is InChI=1S/C13H12Cl2N4O3S/c14-8-1-2-10(9(15)5-8)22-7-12(21)19-17-6-11(20)18-13-16-3-4-23-13/h1-5,17H,6-7H2,(H,19,21)(H,16,18,20). The van der Waals surface area contributed by atoms with Gasteiger partial charge in [-0.05, 0) is 18.2 Å². The Morgan fingerprint density at radius 1 is 1.26 bits per heavy atom. The second-order valence-electron chi connectivity index (χ2n) is 4.15. The minimum Gasteiger partial charge on any atom is -0.482 e. The number of nitrogens with one attached hydrogen (secondary N) is 3. The molecular weight excluding hydrogens is 363 g/mol. The molecule has 0 bridgehead atoms. The zero-order chi connectivity index (χ0) is 16.7. The van der Waals surface area contributed by atoms with Crippen LogP contribution in [0.2, 0.25) is 10.0 Å². The number of rotatable bonds is 7. The Morgan fingerprint density at radius 2 is 2.09 bits per heavy atom. The van der Waals surface area contributed by atoms with E-state index in [0.29, 0.717) is 20.9 Å². The van der Waals surface area contributed by atoms with E-state index in [1.54, 1.807) is 23.7 Å². The van der Waals surface area contributed by atoms with E-state index in [1.807, 2.05) is 0 Å². The number of anilines is 1. The second kappa shape index (κ2) is 8.68. The van der Waals surface area contributed by atoms with E-state index in [2.05, 4.69) is 21.2 Å². The number of carbonyl (C=O) groups is 2. The topological polar surface area (TPSA) is 92.4 Å². The summed E-state index contributed by atoms with van der Waals surface area (Å²) in [6.07, 6.45) is 1.58. The van der Waals surface area contributed by atoms with Crippen LogP contribution in [0.15, 0.2) is 29.8 Å². The molecule has 10 heteroatoms. The highest BCUT2D eigenvalue weighted by Crippen LogP contribution is 2.27. The van der Waals surface area contributed by atoms with Gasteiger partial charge in [-0.2, -0.15) is 0 Å². The van der Waals surface area contributed by atoms with Crippen molar-refractivity contribution in [3.63, 3.8) is 0 Å². The van der Waals surface area contributed by atoms with Gasteiger partial charge in [-0.1, -0.05) is 23.2 Å². The fourth-order valence-electron chi connectivity index (χ4n) is 1.44. The number of thiazole rings is 1. The highest BCUT2D eigenvalue weighted by Gasteiger charge is 2.08. The maximum atomic E-state index is 11.6. The van der Waals surface area contributed by atoms with Gasteiger partial charge < -0.3 is 10.1 Å². The van der Waals surface area contributed by atoms with Crippen LogP contribution in [0.4, 0.5) is 5.13 Å². The van der Waals surface area contributed by atoms with Crippen molar-refractivity contribution in [1.82, 2.24) is 15.8 Å². The molecule has 23 heavy (non-hydrogen) atoms. The van der Waals surface area contributed by atoms with Crippen LogP contribution in [-0.2, 0) is 9.59 Å². The predicted octanol–water partition coefficient (Wildman–Crippen LogP) is 2.09. The number of amides is 2. The van der Waals surface area contributed by atoms with E-state index in [1.165, 1.54) is 17.4 Å². The lowest BCUT2D eigenvalue weighted by Crippen LogP contribution is -2.44. The maximum absolute atomic E-state index is 11.6. The van der Waals surface area contributed by atoms with Crippen molar-refractivity contribution in [2.75, 3.05) is 18.5 Å². The minimum atomic E-state index is -0.460. The van der Waals surface area contributed by atoms with Crippen molar-refractivity contribution in [2.24, 2.45) is 0 Å². The van der Waals surface area contributed by atoms with Crippen molar-refractivity contribution in [3.8, 4) is 5.75 Å². The molecule has 0 spiro atoms. The van der Waals surface area contributed by atoms with E-state index in [4.69, 9.17) is 27.9 Å². The molecule has 0 aliphatic carbocycles. The third-order valence-corrected chi connectivity index (χ3v) is 3.63. The molecule has 1 aromatic heterocycles. The molecule has 1 heterocycles. The zero-order valence-corrected chi connectivity index (χ0v) is 14.0. The van der Waals surface area contributed by atoms with Crippen LogP contribution in [0.1, 0.15) is 0 Å². The Hall–Kier alpha value is -1.87. The summed E-state index contributed by atoms with van der Waals surface area (Å²) in [4.78, 5) is 27.0. The fraction of sp³-hybridized carbons (Fsp3) is 0.154. The first kappa shape index (κ1) is 17.5. The number of hydrogen-bond acceptors (Lipinski definition) is 6. The minimum absolute atomic E-state index is 0.104. The van der Waals surface area contributed by atoms with E-state index < -0.39 is 5.91 Å². The lowest BCUT2D eigenvalue weighted by Gasteiger charge is -2.09. The van der Waals surface area contributed by atoms with Crippen molar-refractivity contribution in [1.29, 1.82) is 0 Å². The van der Waals surface area contributed by atoms with Gasteiger partial charge in [-0.3, -0.25) is 15.0 Å². The average molecular weight is 375 g/mol. The average Bonchev–Trinajstić information content (AvgIpc) is 2.99. The van der Waals surface area contributed by atoms with Crippen LogP contribution < -0.4 is 20.9 Å². The Balaban J connectivity index is 1.66. The molecule has 0 aliphatic rings. The number of halogens is 2. The van der Waals surface area contributed by atoms with Gasteiger partial charge in [0.15, 0.2) is 11.7 Å². The molecule has 0 saturated carbocycles. The van der Waals surface area contributed by atoms with Crippen LogP contribution in [0.25, 0.3) is 0 Å². The van der Waals surface area contributed by atoms with Gasteiger partial charge in [0.2, 0.25) is 5.91 Å². The van der Waals surface area contributed by atoms with Gasteiger partial charge in [0.05, 0.1) is 11.6 Å². The van der Waals surface area contributed by atoms with Gasteiger partial charge in [-0.15, -0.1) is 11.3 Å². The molecule has 2 aromatic rings. The van der Waals surface area contributed by atoms with Crippen molar-refractivity contribution in [3.05, 3.63) is 39.8 Å². The number of benzene rings is 1.